The Morgan fingerprint density at radius 1 is 1.33 bits per heavy atom. The fraction of sp³-hybridized carbons (Fsp3) is 0.455. The molecule has 0 bridgehead atoms. The number of fused-ring (bicyclic) bond motifs is 1. The zero-order valence-corrected chi connectivity index (χ0v) is 9.57. The Morgan fingerprint density at radius 3 is 2.73 bits per heavy atom. The monoisotopic (exact) mass is 204 g/mol. The van der Waals surface area contributed by atoms with Gasteiger partial charge in [0.2, 0.25) is 0 Å². The molecule has 0 aliphatic carbocycles. The van der Waals surface area contributed by atoms with Crippen molar-refractivity contribution in [1.82, 2.24) is 19.9 Å². The van der Waals surface area contributed by atoms with E-state index >= 15 is 0 Å². The summed E-state index contributed by atoms with van der Waals surface area (Å²) in [6, 6.07) is 4.32. The van der Waals surface area contributed by atoms with Crippen LogP contribution in [0.2, 0.25) is 0 Å². The third kappa shape index (κ3) is 1.72. The summed E-state index contributed by atoms with van der Waals surface area (Å²) in [4.78, 5) is 4.45. The highest BCUT2D eigenvalue weighted by atomic mass is 15.3. The summed E-state index contributed by atoms with van der Waals surface area (Å²) < 4.78 is 1.89. The summed E-state index contributed by atoms with van der Waals surface area (Å²) in [5, 5.41) is 7.69. The summed E-state index contributed by atoms with van der Waals surface area (Å²) in [5.74, 6) is 0. The van der Waals surface area contributed by atoms with Gasteiger partial charge < -0.3 is 5.32 Å². The molecular weight excluding hydrogens is 188 g/mol. The molecule has 4 heteroatoms. The van der Waals surface area contributed by atoms with Gasteiger partial charge in [-0.2, -0.15) is 5.10 Å². The molecule has 0 saturated carbocycles. The maximum Gasteiger partial charge on any atom is 0.155 e. The number of nitrogens with zero attached hydrogens (tertiary/aromatic N) is 3. The molecule has 4 nitrogen and oxygen atoms in total. The third-order valence-electron chi connectivity index (χ3n) is 2.63. The van der Waals surface area contributed by atoms with Gasteiger partial charge in [0.1, 0.15) is 0 Å². The predicted molar refractivity (Wildman–Crippen MR) is 59.9 cm³/mol. The highest BCUT2D eigenvalue weighted by Crippen LogP contribution is 2.14. The van der Waals surface area contributed by atoms with Gasteiger partial charge >= 0.3 is 0 Å². The second-order valence-electron chi connectivity index (χ2n) is 3.89. The van der Waals surface area contributed by atoms with Crippen LogP contribution in [-0.2, 0) is 0 Å². The van der Waals surface area contributed by atoms with Gasteiger partial charge in [-0.25, -0.2) is 9.50 Å². The lowest BCUT2D eigenvalue weighted by atomic mass is 10.2. The minimum Gasteiger partial charge on any atom is -0.312 e. The van der Waals surface area contributed by atoms with Crippen LogP contribution in [0, 0.1) is 13.8 Å². The molecule has 2 aromatic rings. The lowest BCUT2D eigenvalue weighted by Crippen LogP contribution is -2.12. The Hall–Kier alpha value is -1.42. The summed E-state index contributed by atoms with van der Waals surface area (Å²) in [6.07, 6.45) is 0. The zero-order chi connectivity index (χ0) is 11.0. The first kappa shape index (κ1) is 10.1. The quantitative estimate of drug-likeness (QED) is 0.808. The normalized spacial score (nSPS) is 13.3. The lowest BCUT2D eigenvalue weighted by Gasteiger charge is -2.04. The molecule has 15 heavy (non-hydrogen) atoms. The zero-order valence-electron chi connectivity index (χ0n) is 9.57. The van der Waals surface area contributed by atoms with Crippen molar-refractivity contribution in [2.24, 2.45) is 0 Å². The van der Waals surface area contributed by atoms with Gasteiger partial charge in [0.15, 0.2) is 5.65 Å². The van der Waals surface area contributed by atoms with E-state index in [1.807, 2.05) is 37.5 Å². The molecule has 80 valence electrons. The molecule has 1 N–H and O–H groups in total. The number of rotatable bonds is 2. The summed E-state index contributed by atoms with van der Waals surface area (Å²) in [6.45, 7) is 6.13. The van der Waals surface area contributed by atoms with Crippen LogP contribution in [0.25, 0.3) is 5.65 Å². The van der Waals surface area contributed by atoms with Gasteiger partial charge in [-0.3, -0.25) is 0 Å². The lowest BCUT2D eigenvalue weighted by molar-refractivity contribution is 0.624. The minimum atomic E-state index is 0.256. The second-order valence-corrected chi connectivity index (χ2v) is 3.89. The van der Waals surface area contributed by atoms with Crippen LogP contribution in [0.15, 0.2) is 12.1 Å². The van der Waals surface area contributed by atoms with Crippen molar-refractivity contribution in [2.75, 3.05) is 7.05 Å². The van der Waals surface area contributed by atoms with Crippen molar-refractivity contribution >= 4 is 5.65 Å². The van der Waals surface area contributed by atoms with Crippen LogP contribution in [0.5, 0.6) is 0 Å². The van der Waals surface area contributed by atoms with Crippen LogP contribution >= 0.6 is 0 Å². The minimum absolute atomic E-state index is 0.256. The largest absolute Gasteiger partial charge is 0.312 e. The molecule has 0 spiro atoms. The number of aryl methyl sites for hydroxylation is 2. The van der Waals surface area contributed by atoms with E-state index < -0.39 is 0 Å². The van der Waals surface area contributed by atoms with Gasteiger partial charge in [-0.1, -0.05) is 0 Å². The van der Waals surface area contributed by atoms with Crippen molar-refractivity contribution in [3.63, 3.8) is 0 Å². The van der Waals surface area contributed by atoms with Crippen LogP contribution < -0.4 is 5.32 Å². The predicted octanol–water partition coefficient (Wildman–Crippen LogP) is 1.63. The molecule has 0 aromatic carbocycles. The van der Waals surface area contributed by atoms with Crippen LogP contribution in [0.4, 0.5) is 0 Å². The summed E-state index contributed by atoms with van der Waals surface area (Å²) in [7, 11) is 1.93. The molecule has 1 unspecified atom stereocenters. The first-order valence-corrected chi connectivity index (χ1v) is 5.13. The first-order valence-electron chi connectivity index (χ1n) is 5.13. The van der Waals surface area contributed by atoms with Crippen molar-refractivity contribution in [2.45, 2.75) is 26.8 Å². The molecule has 0 aliphatic rings. The van der Waals surface area contributed by atoms with E-state index in [2.05, 4.69) is 22.3 Å². The Labute approximate surface area is 89.3 Å². The Morgan fingerprint density at radius 2 is 2.07 bits per heavy atom. The van der Waals surface area contributed by atoms with E-state index in [0.29, 0.717) is 0 Å². The molecule has 0 radical (unpaired) electrons. The Bertz CT molecular complexity index is 487. The van der Waals surface area contributed by atoms with Gasteiger partial charge in [0, 0.05) is 23.5 Å². The molecule has 2 heterocycles. The van der Waals surface area contributed by atoms with E-state index in [1.165, 1.54) is 0 Å². The topological polar surface area (TPSA) is 42.2 Å². The van der Waals surface area contributed by atoms with Crippen molar-refractivity contribution in [3.8, 4) is 0 Å². The fourth-order valence-corrected chi connectivity index (χ4v) is 1.66. The molecule has 0 amide bonds. The Kier molecular flexibility index (Phi) is 2.44. The van der Waals surface area contributed by atoms with Gasteiger partial charge in [-0.15, -0.1) is 0 Å². The van der Waals surface area contributed by atoms with E-state index in [4.69, 9.17) is 0 Å². The maximum absolute atomic E-state index is 4.52. The van der Waals surface area contributed by atoms with Crippen molar-refractivity contribution in [1.29, 1.82) is 0 Å². The van der Waals surface area contributed by atoms with E-state index in [9.17, 15) is 0 Å². The fourth-order valence-electron chi connectivity index (χ4n) is 1.66. The van der Waals surface area contributed by atoms with Gasteiger partial charge in [-0.05, 0) is 33.9 Å². The number of nitrogens with one attached hydrogen (secondary N) is 1. The number of hydrogen-bond donors (Lipinski definition) is 1. The van der Waals surface area contributed by atoms with Crippen LogP contribution in [0.1, 0.15) is 30.0 Å². The molecule has 0 fully saturated rings. The Balaban J connectivity index is 2.60. The second kappa shape index (κ2) is 3.62. The van der Waals surface area contributed by atoms with Gasteiger partial charge in [0.05, 0.1) is 5.69 Å². The molecule has 0 saturated heterocycles. The van der Waals surface area contributed by atoms with Crippen LogP contribution in [0.3, 0.4) is 0 Å². The summed E-state index contributed by atoms with van der Waals surface area (Å²) in [5.41, 5.74) is 4.10. The molecule has 2 aromatic heterocycles. The number of hydrogen-bond acceptors (Lipinski definition) is 3. The maximum atomic E-state index is 4.52. The van der Waals surface area contributed by atoms with Crippen molar-refractivity contribution in [3.05, 3.63) is 29.2 Å². The molecule has 2 rings (SSSR count). The summed E-state index contributed by atoms with van der Waals surface area (Å²) >= 11 is 0. The average molecular weight is 204 g/mol. The molecular formula is C11H16N4. The standard InChI is InChI=1S/C11H16N4/c1-7-5-8(2)15-11(13-7)6-10(14-15)9(3)12-4/h5-6,9,12H,1-4H3. The third-order valence-corrected chi connectivity index (χ3v) is 2.63. The smallest absolute Gasteiger partial charge is 0.155 e. The highest BCUT2D eigenvalue weighted by molar-refractivity contribution is 5.42. The number of aromatic nitrogens is 3. The highest BCUT2D eigenvalue weighted by Gasteiger charge is 2.09. The van der Waals surface area contributed by atoms with E-state index in [-0.39, 0.29) is 6.04 Å². The molecule has 0 aliphatic heterocycles. The van der Waals surface area contributed by atoms with Crippen molar-refractivity contribution < 1.29 is 0 Å². The molecule has 1 atom stereocenters. The van der Waals surface area contributed by atoms with E-state index in [1.54, 1.807) is 0 Å². The average Bonchev–Trinajstić information content (AvgIpc) is 2.60. The SMILES string of the molecule is CNC(C)c1cc2nc(C)cc(C)n2n1. The first-order chi connectivity index (χ1) is 7.11. The van der Waals surface area contributed by atoms with Gasteiger partial charge in [0.25, 0.3) is 0 Å². The van der Waals surface area contributed by atoms with E-state index in [0.717, 1.165) is 22.7 Å². The van der Waals surface area contributed by atoms with Crippen LogP contribution in [-0.4, -0.2) is 21.6 Å².